The van der Waals surface area contributed by atoms with E-state index in [0.29, 0.717) is 19.5 Å². The number of amides is 1. The molecule has 1 heterocycles. The fourth-order valence-corrected chi connectivity index (χ4v) is 2.50. The minimum absolute atomic E-state index is 0.0597. The number of hydrogen-bond donors (Lipinski definition) is 2. The van der Waals surface area contributed by atoms with E-state index in [-0.39, 0.29) is 5.91 Å². The number of thiophene rings is 1. The van der Waals surface area contributed by atoms with E-state index in [1.807, 2.05) is 29.0 Å². The molecule has 100 valence electrons. The molecule has 2 rings (SSSR count). The Morgan fingerprint density at radius 2 is 1.84 bits per heavy atom. The summed E-state index contributed by atoms with van der Waals surface area (Å²) in [5.41, 5.74) is 8.92. The second-order valence-corrected chi connectivity index (χ2v) is 5.22. The normalized spacial score (nSPS) is 10.4. The maximum Gasteiger partial charge on any atom is 0.224 e. The maximum atomic E-state index is 11.7. The summed E-state index contributed by atoms with van der Waals surface area (Å²) in [7, 11) is 0. The number of hydrogen-bond acceptors (Lipinski definition) is 3. The Morgan fingerprint density at radius 3 is 2.47 bits per heavy atom. The first-order valence-corrected chi connectivity index (χ1v) is 7.28. The van der Waals surface area contributed by atoms with Gasteiger partial charge in [0, 0.05) is 6.54 Å². The van der Waals surface area contributed by atoms with Gasteiger partial charge in [-0.1, -0.05) is 24.3 Å². The Bertz CT molecular complexity index is 505. The van der Waals surface area contributed by atoms with Crippen LogP contribution in [-0.2, 0) is 24.2 Å². The van der Waals surface area contributed by atoms with E-state index >= 15 is 0 Å². The minimum Gasteiger partial charge on any atom is -0.352 e. The average Bonchev–Trinajstić information content (AvgIpc) is 2.91. The van der Waals surface area contributed by atoms with E-state index < -0.39 is 0 Å². The van der Waals surface area contributed by atoms with E-state index in [9.17, 15) is 4.79 Å². The molecule has 0 saturated heterocycles. The van der Waals surface area contributed by atoms with Crippen LogP contribution >= 0.6 is 11.3 Å². The molecule has 0 saturated carbocycles. The highest BCUT2D eigenvalue weighted by Gasteiger charge is 2.03. The van der Waals surface area contributed by atoms with Gasteiger partial charge in [0.15, 0.2) is 0 Å². The molecular weight excluding hydrogens is 256 g/mol. The zero-order valence-electron chi connectivity index (χ0n) is 10.8. The first kappa shape index (κ1) is 13.8. The van der Waals surface area contributed by atoms with Gasteiger partial charge in [-0.3, -0.25) is 4.79 Å². The zero-order chi connectivity index (χ0) is 13.5. The van der Waals surface area contributed by atoms with Gasteiger partial charge in [-0.05, 0) is 46.5 Å². The molecule has 0 radical (unpaired) electrons. The van der Waals surface area contributed by atoms with Crippen molar-refractivity contribution in [1.82, 2.24) is 5.32 Å². The van der Waals surface area contributed by atoms with Gasteiger partial charge in [0.25, 0.3) is 0 Å². The van der Waals surface area contributed by atoms with Gasteiger partial charge in [-0.2, -0.15) is 11.3 Å². The molecule has 3 N–H and O–H groups in total. The standard InChI is InChI=1S/C15H18N2OS/c16-7-5-12-1-3-13(4-2-12)10-17-15(18)9-14-6-8-19-11-14/h1-4,6,8,11H,5,7,9-10,16H2,(H,17,18). The topological polar surface area (TPSA) is 55.1 Å². The molecule has 19 heavy (non-hydrogen) atoms. The molecular formula is C15H18N2OS. The van der Waals surface area contributed by atoms with Crippen LogP contribution in [0.4, 0.5) is 0 Å². The smallest absolute Gasteiger partial charge is 0.224 e. The lowest BCUT2D eigenvalue weighted by atomic mass is 10.1. The predicted octanol–water partition coefficient (Wildman–Crippen LogP) is 2.11. The van der Waals surface area contributed by atoms with Gasteiger partial charge in [0.05, 0.1) is 6.42 Å². The highest BCUT2D eigenvalue weighted by Crippen LogP contribution is 2.07. The lowest BCUT2D eigenvalue weighted by Crippen LogP contribution is -2.24. The largest absolute Gasteiger partial charge is 0.352 e. The molecule has 0 aliphatic rings. The van der Waals surface area contributed by atoms with Crippen molar-refractivity contribution in [2.24, 2.45) is 5.73 Å². The van der Waals surface area contributed by atoms with Crippen molar-refractivity contribution in [3.05, 3.63) is 57.8 Å². The predicted molar refractivity (Wildman–Crippen MR) is 79.1 cm³/mol. The molecule has 1 amide bonds. The molecule has 0 spiro atoms. The summed E-state index contributed by atoms with van der Waals surface area (Å²) in [4.78, 5) is 11.7. The average molecular weight is 274 g/mol. The lowest BCUT2D eigenvalue weighted by Gasteiger charge is -2.06. The highest BCUT2D eigenvalue weighted by atomic mass is 32.1. The summed E-state index contributed by atoms with van der Waals surface area (Å²) < 4.78 is 0. The molecule has 0 unspecified atom stereocenters. The Hall–Kier alpha value is -1.65. The molecule has 3 nitrogen and oxygen atoms in total. The third-order valence-electron chi connectivity index (χ3n) is 2.89. The van der Waals surface area contributed by atoms with Gasteiger partial charge in [-0.25, -0.2) is 0 Å². The van der Waals surface area contributed by atoms with Crippen LogP contribution in [0, 0.1) is 0 Å². The summed E-state index contributed by atoms with van der Waals surface area (Å²) >= 11 is 1.61. The van der Waals surface area contributed by atoms with E-state index in [1.54, 1.807) is 11.3 Å². The summed E-state index contributed by atoms with van der Waals surface area (Å²) in [5, 5.41) is 6.92. The van der Waals surface area contributed by atoms with Crippen molar-refractivity contribution < 1.29 is 4.79 Å². The van der Waals surface area contributed by atoms with E-state index in [4.69, 9.17) is 5.73 Å². The number of carbonyl (C=O) groups excluding carboxylic acids is 1. The van der Waals surface area contributed by atoms with E-state index in [2.05, 4.69) is 17.4 Å². The van der Waals surface area contributed by atoms with Crippen molar-refractivity contribution in [3.63, 3.8) is 0 Å². The first-order valence-electron chi connectivity index (χ1n) is 6.33. The number of benzene rings is 1. The summed E-state index contributed by atoms with van der Waals surface area (Å²) in [6.07, 6.45) is 1.35. The molecule has 0 aliphatic carbocycles. The Labute approximate surface area is 117 Å². The van der Waals surface area contributed by atoms with Crippen LogP contribution in [0.3, 0.4) is 0 Å². The fraction of sp³-hybridized carbons (Fsp3) is 0.267. The van der Waals surface area contributed by atoms with Crippen LogP contribution in [0.5, 0.6) is 0 Å². The van der Waals surface area contributed by atoms with Crippen molar-refractivity contribution in [3.8, 4) is 0 Å². The number of rotatable bonds is 6. The Morgan fingerprint density at radius 1 is 1.11 bits per heavy atom. The third kappa shape index (κ3) is 4.50. The highest BCUT2D eigenvalue weighted by molar-refractivity contribution is 7.07. The van der Waals surface area contributed by atoms with E-state index in [1.165, 1.54) is 5.56 Å². The first-order chi connectivity index (χ1) is 9.28. The number of nitrogens with one attached hydrogen (secondary N) is 1. The van der Waals surface area contributed by atoms with Crippen molar-refractivity contribution in [2.75, 3.05) is 6.54 Å². The van der Waals surface area contributed by atoms with Crippen LogP contribution in [0.1, 0.15) is 16.7 Å². The molecule has 1 aromatic heterocycles. The molecule has 0 bridgehead atoms. The number of nitrogens with two attached hydrogens (primary N) is 1. The molecule has 2 aromatic rings. The minimum atomic E-state index is 0.0597. The van der Waals surface area contributed by atoms with Crippen molar-refractivity contribution >= 4 is 17.2 Å². The van der Waals surface area contributed by atoms with Gasteiger partial charge in [0.2, 0.25) is 5.91 Å². The summed E-state index contributed by atoms with van der Waals surface area (Å²) in [5.74, 6) is 0.0597. The van der Waals surface area contributed by atoms with Gasteiger partial charge >= 0.3 is 0 Å². The third-order valence-corrected chi connectivity index (χ3v) is 3.62. The van der Waals surface area contributed by atoms with Crippen LogP contribution in [0.15, 0.2) is 41.1 Å². The second kappa shape index (κ2) is 7.07. The molecule has 0 fully saturated rings. The van der Waals surface area contributed by atoms with Gasteiger partial charge in [-0.15, -0.1) is 0 Å². The van der Waals surface area contributed by atoms with Crippen molar-refractivity contribution in [1.29, 1.82) is 0 Å². The Balaban J connectivity index is 1.79. The summed E-state index contributed by atoms with van der Waals surface area (Å²) in [6.45, 7) is 1.24. The summed E-state index contributed by atoms with van der Waals surface area (Å²) in [6, 6.07) is 10.2. The zero-order valence-corrected chi connectivity index (χ0v) is 11.6. The van der Waals surface area contributed by atoms with Crippen molar-refractivity contribution in [2.45, 2.75) is 19.4 Å². The second-order valence-electron chi connectivity index (χ2n) is 4.44. The maximum absolute atomic E-state index is 11.7. The van der Waals surface area contributed by atoms with Crippen LogP contribution in [-0.4, -0.2) is 12.5 Å². The molecule has 0 aliphatic heterocycles. The van der Waals surface area contributed by atoms with Crippen LogP contribution < -0.4 is 11.1 Å². The Kier molecular flexibility index (Phi) is 5.12. The van der Waals surface area contributed by atoms with E-state index in [0.717, 1.165) is 17.5 Å². The molecule has 1 aromatic carbocycles. The number of carbonyl (C=O) groups is 1. The SMILES string of the molecule is NCCc1ccc(CNC(=O)Cc2ccsc2)cc1. The lowest BCUT2D eigenvalue weighted by molar-refractivity contribution is -0.120. The van der Waals surface area contributed by atoms with Gasteiger partial charge < -0.3 is 11.1 Å². The monoisotopic (exact) mass is 274 g/mol. The molecule has 4 heteroatoms. The van der Waals surface area contributed by atoms with Crippen LogP contribution in [0.2, 0.25) is 0 Å². The quantitative estimate of drug-likeness (QED) is 0.847. The molecule has 0 atom stereocenters. The fourth-order valence-electron chi connectivity index (χ4n) is 1.83. The van der Waals surface area contributed by atoms with Gasteiger partial charge in [0.1, 0.15) is 0 Å². The van der Waals surface area contributed by atoms with Crippen LogP contribution in [0.25, 0.3) is 0 Å².